The number of hydrogen-bond donors (Lipinski definition) is 0. The summed E-state index contributed by atoms with van der Waals surface area (Å²) < 4.78 is 5.65. The Balaban J connectivity index is 1.46. The van der Waals surface area contributed by atoms with Crippen LogP contribution in [0.4, 0.5) is 0 Å². The van der Waals surface area contributed by atoms with Gasteiger partial charge in [0.25, 0.3) is 0 Å². The number of fused-ring (bicyclic) bond motifs is 1. The van der Waals surface area contributed by atoms with Gasteiger partial charge >= 0.3 is 0 Å². The highest BCUT2D eigenvalue weighted by Gasteiger charge is 2.49. The van der Waals surface area contributed by atoms with E-state index in [1.165, 1.54) is 11.1 Å². The molecule has 2 aromatic carbocycles. The molecule has 4 rings (SSSR count). The zero-order chi connectivity index (χ0) is 27.7. The van der Waals surface area contributed by atoms with Crippen molar-refractivity contribution < 1.29 is 9.53 Å². The van der Waals surface area contributed by atoms with Crippen LogP contribution < -0.4 is 4.74 Å². The average Bonchev–Trinajstić information content (AvgIpc) is 2.96. The van der Waals surface area contributed by atoms with Crippen molar-refractivity contribution in [2.75, 3.05) is 33.3 Å². The van der Waals surface area contributed by atoms with E-state index in [0.717, 1.165) is 83.3 Å². The lowest BCUT2D eigenvalue weighted by Crippen LogP contribution is -2.57. The van der Waals surface area contributed by atoms with Crippen LogP contribution in [0.15, 0.2) is 67.3 Å². The van der Waals surface area contributed by atoms with Crippen molar-refractivity contribution >= 4 is 5.91 Å². The van der Waals surface area contributed by atoms with Gasteiger partial charge in [-0.2, -0.15) is 0 Å². The summed E-state index contributed by atoms with van der Waals surface area (Å²) in [6.45, 7) is 12.5. The molecule has 212 valence electrons. The smallest absolute Gasteiger partial charge is 0.222 e. The third kappa shape index (κ3) is 7.54. The molecule has 1 saturated carbocycles. The van der Waals surface area contributed by atoms with E-state index in [-0.39, 0.29) is 5.41 Å². The maximum absolute atomic E-state index is 13.7. The van der Waals surface area contributed by atoms with Crippen molar-refractivity contribution in [3.8, 4) is 5.75 Å². The molecule has 3 atom stereocenters. The Morgan fingerprint density at radius 3 is 2.69 bits per heavy atom. The summed E-state index contributed by atoms with van der Waals surface area (Å²) in [6.07, 6.45) is 11.5. The second kappa shape index (κ2) is 14.2. The zero-order valence-corrected chi connectivity index (χ0v) is 24.6. The van der Waals surface area contributed by atoms with Crippen molar-refractivity contribution in [2.24, 2.45) is 11.8 Å². The Labute approximate surface area is 237 Å². The monoisotopic (exact) mass is 530 g/mol. The number of likely N-dealkylation sites (tertiary alicyclic amines) is 1. The lowest BCUT2D eigenvalue weighted by atomic mass is 9.57. The number of rotatable bonds is 13. The Kier molecular flexibility index (Phi) is 10.7. The van der Waals surface area contributed by atoms with Gasteiger partial charge in [-0.15, -0.1) is 6.58 Å². The molecule has 4 heteroatoms. The molecule has 1 heterocycles. The fourth-order valence-corrected chi connectivity index (χ4v) is 7.16. The summed E-state index contributed by atoms with van der Waals surface area (Å²) in [4.78, 5) is 18.6. The van der Waals surface area contributed by atoms with E-state index in [1.54, 1.807) is 7.11 Å². The predicted molar refractivity (Wildman–Crippen MR) is 162 cm³/mol. The van der Waals surface area contributed by atoms with Crippen LogP contribution in [0, 0.1) is 11.8 Å². The summed E-state index contributed by atoms with van der Waals surface area (Å²) in [5.41, 5.74) is 2.87. The molecule has 1 aliphatic carbocycles. The first kappa shape index (κ1) is 29.4. The maximum atomic E-state index is 13.7. The van der Waals surface area contributed by atoms with Crippen LogP contribution >= 0.6 is 0 Å². The van der Waals surface area contributed by atoms with Crippen LogP contribution in [0.5, 0.6) is 5.75 Å². The maximum Gasteiger partial charge on any atom is 0.222 e. The van der Waals surface area contributed by atoms with Crippen molar-refractivity contribution in [1.29, 1.82) is 0 Å². The molecule has 0 unspecified atom stereocenters. The van der Waals surface area contributed by atoms with E-state index in [0.29, 0.717) is 30.2 Å². The summed E-state index contributed by atoms with van der Waals surface area (Å²) in [5.74, 6) is 2.34. The molecule has 0 radical (unpaired) electrons. The molecule has 1 saturated heterocycles. The van der Waals surface area contributed by atoms with E-state index in [2.05, 4.69) is 84.8 Å². The summed E-state index contributed by atoms with van der Waals surface area (Å²) in [6, 6.07) is 19.8. The van der Waals surface area contributed by atoms with Gasteiger partial charge in [0.15, 0.2) is 0 Å². The number of hydrogen-bond acceptors (Lipinski definition) is 3. The lowest BCUT2D eigenvalue weighted by molar-refractivity contribution is -0.136. The number of methoxy groups -OCH3 is 1. The fraction of sp³-hybridized carbons (Fsp3) is 0.571. The first-order chi connectivity index (χ1) is 18.9. The van der Waals surface area contributed by atoms with Crippen LogP contribution in [0.25, 0.3) is 0 Å². The molecule has 1 aliphatic heterocycles. The van der Waals surface area contributed by atoms with E-state index < -0.39 is 0 Å². The zero-order valence-electron chi connectivity index (χ0n) is 24.6. The Morgan fingerprint density at radius 1 is 1.13 bits per heavy atom. The average molecular weight is 531 g/mol. The van der Waals surface area contributed by atoms with E-state index >= 15 is 0 Å². The number of nitrogens with zero attached hydrogens (tertiary/aromatic N) is 2. The number of carbonyl (C=O) groups excluding carboxylic acids is 1. The van der Waals surface area contributed by atoms with Crippen LogP contribution in [0.3, 0.4) is 0 Å². The van der Waals surface area contributed by atoms with Gasteiger partial charge in [-0.05, 0) is 86.6 Å². The van der Waals surface area contributed by atoms with Crippen LogP contribution in [0.2, 0.25) is 0 Å². The summed E-state index contributed by atoms with van der Waals surface area (Å²) in [7, 11) is 1.76. The SMILES string of the molecule is C=CCN1CC[C@@]2(c3cccc(OC)c3)C[C@H](N(CC(C)C)C(=O)CCCCCc3ccccc3)CC[C@@H]2C1. The number of ether oxygens (including phenoxy) is 1. The summed E-state index contributed by atoms with van der Waals surface area (Å²) in [5, 5.41) is 0. The standard InChI is InChI=1S/C35H50N2O2/c1-5-22-36-23-21-35(30-16-12-17-33(24-30)39-4)25-32(20-19-31(35)27-36)37(26-28(2)3)34(38)18-11-7-10-15-29-13-8-6-9-14-29/h5-6,8-9,12-14,16-17,24,28,31-32H,1,7,10-11,15,18-23,25-27H2,2-4H3/t31-,32-,35+/m1/s1. The number of amides is 1. The van der Waals surface area contributed by atoms with Crippen molar-refractivity contribution in [2.45, 2.75) is 83.1 Å². The normalized spacial score (nSPS) is 23.3. The molecule has 1 amide bonds. The van der Waals surface area contributed by atoms with Gasteiger partial charge in [0.2, 0.25) is 5.91 Å². The van der Waals surface area contributed by atoms with Gasteiger partial charge < -0.3 is 9.64 Å². The predicted octanol–water partition coefficient (Wildman–Crippen LogP) is 7.28. The molecular formula is C35H50N2O2. The number of carbonyl (C=O) groups is 1. The van der Waals surface area contributed by atoms with Gasteiger partial charge in [-0.1, -0.05) is 68.8 Å². The van der Waals surface area contributed by atoms with E-state index in [1.807, 2.05) is 6.08 Å². The highest BCUT2D eigenvalue weighted by molar-refractivity contribution is 5.76. The van der Waals surface area contributed by atoms with Crippen LogP contribution in [-0.2, 0) is 16.6 Å². The van der Waals surface area contributed by atoms with Gasteiger partial charge in [0, 0.05) is 37.5 Å². The minimum Gasteiger partial charge on any atom is -0.497 e. The number of unbranched alkanes of at least 4 members (excludes halogenated alkanes) is 2. The Morgan fingerprint density at radius 2 is 1.95 bits per heavy atom. The van der Waals surface area contributed by atoms with Gasteiger partial charge in [-0.3, -0.25) is 9.69 Å². The first-order valence-electron chi connectivity index (χ1n) is 15.3. The molecule has 2 aliphatic rings. The highest BCUT2D eigenvalue weighted by atomic mass is 16.5. The molecule has 0 N–H and O–H groups in total. The van der Waals surface area contributed by atoms with Crippen molar-refractivity contribution in [3.63, 3.8) is 0 Å². The molecule has 0 aromatic heterocycles. The largest absolute Gasteiger partial charge is 0.497 e. The molecule has 2 fully saturated rings. The van der Waals surface area contributed by atoms with Crippen LogP contribution in [-0.4, -0.2) is 55.0 Å². The third-order valence-electron chi connectivity index (χ3n) is 9.14. The molecule has 0 bridgehead atoms. The van der Waals surface area contributed by atoms with Crippen molar-refractivity contribution in [3.05, 3.63) is 78.4 Å². The number of aryl methyl sites for hydroxylation is 1. The van der Waals surface area contributed by atoms with Gasteiger partial charge in [-0.25, -0.2) is 0 Å². The minimum absolute atomic E-state index is 0.0837. The van der Waals surface area contributed by atoms with Gasteiger partial charge in [0.05, 0.1) is 7.11 Å². The second-order valence-electron chi connectivity index (χ2n) is 12.3. The van der Waals surface area contributed by atoms with Crippen molar-refractivity contribution in [1.82, 2.24) is 9.80 Å². The summed E-state index contributed by atoms with van der Waals surface area (Å²) >= 11 is 0. The van der Waals surface area contributed by atoms with Gasteiger partial charge in [0.1, 0.15) is 5.75 Å². The Hall–Kier alpha value is -2.59. The molecule has 2 aromatic rings. The lowest BCUT2D eigenvalue weighted by Gasteiger charge is -2.54. The van der Waals surface area contributed by atoms with Crippen LogP contribution in [0.1, 0.15) is 76.3 Å². The molecular weight excluding hydrogens is 480 g/mol. The number of piperidine rings is 1. The quantitative estimate of drug-likeness (QED) is 0.201. The third-order valence-corrected chi connectivity index (χ3v) is 9.14. The Bertz CT molecular complexity index is 1050. The highest BCUT2D eigenvalue weighted by Crippen LogP contribution is 2.50. The fourth-order valence-electron chi connectivity index (χ4n) is 7.16. The number of benzene rings is 2. The minimum atomic E-state index is 0.0837. The molecule has 4 nitrogen and oxygen atoms in total. The second-order valence-corrected chi connectivity index (χ2v) is 12.3. The molecule has 39 heavy (non-hydrogen) atoms. The van der Waals surface area contributed by atoms with E-state index in [4.69, 9.17) is 4.74 Å². The molecule has 0 spiro atoms. The topological polar surface area (TPSA) is 32.8 Å². The van der Waals surface area contributed by atoms with E-state index in [9.17, 15) is 4.79 Å². The first-order valence-corrected chi connectivity index (χ1v) is 15.3.